The van der Waals surface area contributed by atoms with Gasteiger partial charge in [0, 0.05) is 36.5 Å². The molecular formula is C15H20N2O2S. The number of hydrogen-bond acceptors (Lipinski definition) is 3. The zero-order chi connectivity index (χ0) is 14.5. The minimum absolute atomic E-state index is 0.00540. The van der Waals surface area contributed by atoms with Gasteiger partial charge in [-0.3, -0.25) is 9.59 Å². The Labute approximate surface area is 123 Å². The first-order valence-electron chi connectivity index (χ1n) is 6.80. The molecule has 1 aliphatic rings. The van der Waals surface area contributed by atoms with Crippen LogP contribution < -0.4 is 5.32 Å². The third-order valence-electron chi connectivity index (χ3n) is 3.67. The molecule has 0 atom stereocenters. The Hall–Kier alpha value is -1.49. The van der Waals surface area contributed by atoms with E-state index in [1.807, 2.05) is 30.5 Å². The number of likely N-dealkylation sites (tertiary alicyclic amines) is 1. The molecule has 4 nitrogen and oxygen atoms in total. The van der Waals surface area contributed by atoms with Gasteiger partial charge in [-0.15, -0.1) is 11.8 Å². The van der Waals surface area contributed by atoms with E-state index in [1.54, 1.807) is 23.6 Å². The summed E-state index contributed by atoms with van der Waals surface area (Å²) in [6.07, 6.45) is 3.51. The van der Waals surface area contributed by atoms with Crippen molar-refractivity contribution in [2.24, 2.45) is 5.92 Å². The molecule has 0 radical (unpaired) electrons. The lowest BCUT2D eigenvalue weighted by molar-refractivity contribution is -0.132. The summed E-state index contributed by atoms with van der Waals surface area (Å²) in [6, 6.07) is 7.85. The van der Waals surface area contributed by atoms with Gasteiger partial charge in [0.25, 0.3) is 0 Å². The van der Waals surface area contributed by atoms with Crippen molar-refractivity contribution in [3.63, 3.8) is 0 Å². The van der Waals surface area contributed by atoms with Gasteiger partial charge in [0.1, 0.15) is 0 Å². The van der Waals surface area contributed by atoms with Gasteiger partial charge in [-0.2, -0.15) is 0 Å². The van der Waals surface area contributed by atoms with Gasteiger partial charge in [0.15, 0.2) is 0 Å². The van der Waals surface area contributed by atoms with Gasteiger partial charge in [0.2, 0.25) is 11.8 Å². The third kappa shape index (κ3) is 3.76. The first-order chi connectivity index (χ1) is 9.60. The molecule has 20 heavy (non-hydrogen) atoms. The van der Waals surface area contributed by atoms with Gasteiger partial charge < -0.3 is 10.2 Å². The fourth-order valence-corrected chi connectivity index (χ4v) is 2.78. The standard InChI is InChI=1S/C15H20N2O2S/c1-11(18)17-9-7-12(8-10-17)15(19)16-13-3-5-14(20-2)6-4-13/h3-6,12H,7-10H2,1-2H3,(H,16,19). The van der Waals surface area contributed by atoms with Crippen LogP contribution in [0.25, 0.3) is 0 Å². The Morgan fingerprint density at radius 3 is 2.30 bits per heavy atom. The van der Waals surface area contributed by atoms with Crippen LogP contribution >= 0.6 is 11.8 Å². The Morgan fingerprint density at radius 2 is 1.80 bits per heavy atom. The smallest absolute Gasteiger partial charge is 0.227 e. The second-order valence-electron chi connectivity index (χ2n) is 5.00. The van der Waals surface area contributed by atoms with Crippen LogP contribution in [0.5, 0.6) is 0 Å². The summed E-state index contributed by atoms with van der Waals surface area (Å²) >= 11 is 1.68. The second-order valence-corrected chi connectivity index (χ2v) is 5.88. The van der Waals surface area contributed by atoms with Gasteiger partial charge in [-0.05, 0) is 43.4 Å². The number of carbonyl (C=O) groups excluding carboxylic acids is 2. The molecule has 5 heteroatoms. The lowest BCUT2D eigenvalue weighted by Gasteiger charge is -2.30. The van der Waals surface area contributed by atoms with Crippen LogP contribution in [-0.4, -0.2) is 36.1 Å². The number of nitrogens with zero attached hydrogens (tertiary/aromatic N) is 1. The predicted molar refractivity (Wildman–Crippen MR) is 81.8 cm³/mol. The second kappa shape index (κ2) is 6.79. The summed E-state index contributed by atoms with van der Waals surface area (Å²) in [6.45, 7) is 2.94. The summed E-state index contributed by atoms with van der Waals surface area (Å²) in [7, 11) is 0. The molecule has 1 aliphatic heterocycles. The molecule has 0 unspecified atom stereocenters. The Balaban J connectivity index is 1.87. The number of carbonyl (C=O) groups is 2. The SMILES string of the molecule is CSc1ccc(NC(=O)C2CCN(C(C)=O)CC2)cc1. The van der Waals surface area contributed by atoms with Gasteiger partial charge in [-0.25, -0.2) is 0 Å². The van der Waals surface area contributed by atoms with Crippen LogP contribution in [0.3, 0.4) is 0 Å². The van der Waals surface area contributed by atoms with E-state index >= 15 is 0 Å². The quantitative estimate of drug-likeness (QED) is 0.871. The molecule has 2 amide bonds. The number of piperidine rings is 1. The van der Waals surface area contributed by atoms with Gasteiger partial charge >= 0.3 is 0 Å². The van der Waals surface area contributed by atoms with Crippen LogP contribution in [0, 0.1) is 5.92 Å². The monoisotopic (exact) mass is 292 g/mol. The van der Waals surface area contributed by atoms with Crippen LogP contribution in [0.1, 0.15) is 19.8 Å². The van der Waals surface area contributed by atoms with Crippen LogP contribution in [0.2, 0.25) is 0 Å². The zero-order valence-electron chi connectivity index (χ0n) is 11.9. The molecule has 0 aromatic heterocycles. The summed E-state index contributed by atoms with van der Waals surface area (Å²) < 4.78 is 0. The highest BCUT2D eigenvalue weighted by atomic mass is 32.2. The average molecular weight is 292 g/mol. The number of benzene rings is 1. The number of rotatable bonds is 3. The summed E-state index contributed by atoms with van der Waals surface area (Å²) in [5.74, 6) is 0.160. The molecule has 0 bridgehead atoms. The van der Waals surface area contributed by atoms with Crippen LogP contribution in [0.4, 0.5) is 5.69 Å². The molecule has 1 fully saturated rings. The van der Waals surface area contributed by atoms with E-state index in [9.17, 15) is 9.59 Å². The molecule has 0 aliphatic carbocycles. The van der Waals surface area contributed by atoms with E-state index in [-0.39, 0.29) is 17.7 Å². The Bertz CT molecular complexity index is 479. The number of thioether (sulfide) groups is 1. The molecule has 108 valence electrons. The molecule has 0 spiro atoms. The van der Waals surface area contributed by atoms with Crippen molar-refractivity contribution in [1.82, 2.24) is 4.90 Å². The molecule has 1 aromatic carbocycles. The average Bonchev–Trinajstić information content (AvgIpc) is 2.48. The van der Waals surface area contributed by atoms with E-state index in [0.29, 0.717) is 13.1 Å². The fourth-order valence-electron chi connectivity index (χ4n) is 2.38. The fraction of sp³-hybridized carbons (Fsp3) is 0.467. The van der Waals surface area contributed by atoms with E-state index in [1.165, 1.54) is 4.90 Å². The molecule has 1 heterocycles. The minimum Gasteiger partial charge on any atom is -0.343 e. The van der Waals surface area contributed by atoms with Crippen molar-refractivity contribution >= 4 is 29.3 Å². The normalized spacial score (nSPS) is 16.0. The van der Waals surface area contributed by atoms with Crippen LogP contribution in [-0.2, 0) is 9.59 Å². The first-order valence-corrected chi connectivity index (χ1v) is 8.03. The number of anilines is 1. The number of amides is 2. The molecule has 1 aromatic rings. The maximum atomic E-state index is 12.2. The van der Waals surface area contributed by atoms with Crippen molar-refractivity contribution in [3.8, 4) is 0 Å². The number of hydrogen-bond donors (Lipinski definition) is 1. The van der Waals surface area contributed by atoms with Crippen LogP contribution in [0.15, 0.2) is 29.2 Å². The predicted octanol–water partition coefficient (Wildman–Crippen LogP) is 2.61. The minimum atomic E-state index is 0.00540. The van der Waals surface area contributed by atoms with E-state index in [2.05, 4.69) is 5.32 Å². The summed E-state index contributed by atoms with van der Waals surface area (Å²) in [4.78, 5) is 26.4. The maximum absolute atomic E-state index is 12.2. The lowest BCUT2D eigenvalue weighted by Crippen LogP contribution is -2.40. The Morgan fingerprint density at radius 1 is 1.20 bits per heavy atom. The third-order valence-corrected chi connectivity index (χ3v) is 4.41. The lowest BCUT2D eigenvalue weighted by atomic mass is 9.96. The zero-order valence-corrected chi connectivity index (χ0v) is 12.7. The van der Waals surface area contributed by atoms with E-state index < -0.39 is 0 Å². The van der Waals surface area contributed by atoms with Gasteiger partial charge in [-0.1, -0.05) is 0 Å². The first kappa shape index (κ1) is 14.9. The van der Waals surface area contributed by atoms with Gasteiger partial charge in [0.05, 0.1) is 0 Å². The van der Waals surface area contributed by atoms with Crippen molar-refractivity contribution in [1.29, 1.82) is 0 Å². The van der Waals surface area contributed by atoms with Crippen molar-refractivity contribution in [2.45, 2.75) is 24.7 Å². The van der Waals surface area contributed by atoms with E-state index in [4.69, 9.17) is 0 Å². The van der Waals surface area contributed by atoms with Crippen molar-refractivity contribution in [2.75, 3.05) is 24.7 Å². The summed E-state index contributed by atoms with van der Waals surface area (Å²) in [5, 5.41) is 2.96. The van der Waals surface area contributed by atoms with Crippen molar-refractivity contribution < 1.29 is 9.59 Å². The highest BCUT2D eigenvalue weighted by Gasteiger charge is 2.25. The molecule has 1 saturated heterocycles. The Kier molecular flexibility index (Phi) is 5.06. The maximum Gasteiger partial charge on any atom is 0.227 e. The molecular weight excluding hydrogens is 272 g/mol. The summed E-state index contributed by atoms with van der Waals surface area (Å²) in [5.41, 5.74) is 0.835. The topological polar surface area (TPSA) is 49.4 Å². The molecule has 0 saturated carbocycles. The van der Waals surface area contributed by atoms with E-state index in [0.717, 1.165) is 18.5 Å². The largest absolute Gasteiger partial charge is 0.343 e. The van der Waals surface area contributed by atoms with Crippen molar-refractivity contribution in [3.05, 3.63) is 24.3 Å². The highest BCUT2D eigenvalue weighted by molar-refractivity contribution is 7.98. The number of nitrogens with one attached hydrogen (secondary N) is 1. The molecule has 1 N–H and O–H groups in total. The molecule has 2 rings (SSSR count). The highest BCUT2D eigenvalue weighted by Crippen LogP contribution is 2.21.